The van der Waals surface area contributed by atoms with E-state index in [0.29, 0.717) is 19.7 Å². The van der Waals surface area contributed by atoms with Gasteiger partial charge < -0.3 is 24.4 Å². The Balaban J connectivity index is 1.74. The van der Waals surface area contributed by atoms with Crippen LogP contribution >= 0.6 is 0 Å². The molecule has 0 saturated heterocycles. The maximum atomic E-state index is 11.0. The van der Waals surface area contributed by atoms with Crippen LogP contribution < -0.4 is 14.8 Å². The summed E-state index contributed by atoms with van der Waals surface area (Å²) < 4.78 is 38.0. The van der Waals surface area contributed by atoms with E-state index in [0.717, 1.165) is 23.0 Å². The Hall–Kier alpha value is -2.00. The average molecular weight is 371 g/mol. The molecular formula is C16H25N3O5S. The lowest BCUT2D eigenvalue weighted by Crippen LogP contribution is -2.40. The molecule has 9 heteroatoms. The SMILES string of the molecule is CN=C(NCCOCCS(C)(=O)=O)N(C)Cc1ccc2c(c1)OCO2. The number of nitrogens with zero attached hydrogens (tertiary/aromatic N) is 2. The standard InChI is InChI=1S/C16H25N3O5S/c1-17-16(18-6-7-22-8-9-25(3,20)21)19(2)11-13-4-5-14-15(10-13)24-12-23-14/h4-5,10H,6-9,11-12H2,1-3H3,(H,17,18). The van der Waals surface area contributed by atoms with Gasteiger partial charge in [-0.05, 0) is 17.7 Å². The molecule has 25 heavy (non-hydrogen) atoms. The van der Waals surface area contributed by atoms with Gasteiger partial charge in [0.05, 0.1) is 19.0 Å². The third-order valence-electron chi connectivity index (χ3n) is 3.56. The number of aliphatic imine (C=N–C) groups is 1. The van der Waals surface area contributed by atoms with Gasteiger partial charge in [-0.3, -0.25) is 4.99 Å². The molecule has 1 aliphatic rings. The molecule has 0 aromatic heterocycles. The fourth-order valence-corrected chi connectivity index (χ4v) is 2.74. The molecule has 1 aromatic rings. The minimum Gasteiger partial charge on any atom is -0.454 e. The molecule has 0 fully saturated rings. The van der Waals surface area contributed by atoms with E-state index < -0.39 is 9.84 Å². The van der Waals surface area contributed by atoms with Gasteiger partial charge in [0.1, 0.15) is 9.84 Å². The third kappa shape index (κ3) is 6.43. The molecule has 140 valence electrons. The molecule has 0 atom stereocenters. The van der Waals surface area contributed by atoms with Crippen molar-refractivity contribution in [2.75, 3.05) is 52.7 Å². The number of sulfone groups is 1. The van der Waals surface area contributed by atoms with Gasteiger partial charge in [0, 0.05) is 33.4 Å². The van der Waals surface area contributed by atoms with E-state index in [-0.39, 0.29) is 19.2 Å². The Morgan fingerprint density at radius 2 is 2.08 bits per heavy atom. The van der Waals surface area contributed by atoms with Gasteiger partial charge in [-0.15, -0.1) is 0 Å². The zero-order chi connectivity index (χ0) is 18.3. The summed E-state index contributed by atoms with van der Waals surface area (Å²) in [7, 11) is 0.665. The molecule has 0 amide bonds. The van der Waals surface area contributed by atoms with Crippen LogP contribution in [0.25, 0.3) is 0 Å². The predicted molar refractivity (Wildman–Crippen MR) is 95.9 cm³/mol. The first kappa shape index (κ1) is 19.3. The number of fused-ring (bicyclic) bond motifs is 1. The maximum absolute atomic E-state index is 11.0. The summed E-state index contributed by atoms with van der Waals surface area (Å²) in [5.41, 5.74) is 1.08. The highest BCUT2D eigenvalue weighted by Crippen LogP contribution is 2.32. The molecule has 0 unspecified atom stereocenters. The van der Waals surface area contributed by atoms with Crippen molar-refractivity contribution < 1.29 is 22.6 Å². The van der Waals surface area contributed by atoms with Crippen molar-refractivity contribution in [2.45, 2.75) is 6.54 Å². The lowest BCUT2D eigenvalue weighted by molar-refractivity contribution is 0.153. The molecular weight excluding hydrogens is 346 g/mol. The van der Waals surface area contributed by atoms with Crippen LogP contribution in [0.2, 0.25) is 0 Å². The topological polar surface area (TPSA) is 89.5 Å². The van der Waals surface area contributed by atoms with Crippen LogP contribution in [0.5, 0.6) is 11.5 Å². The number of ether oxygens (including phenoxy) is 3. The zero-order valence-electron chi connectivity index (χ0n) is 14.8. The molecule has 1 N–H and O–H groups in total. The monoisotopic (exact) mass is 371 g/mol. The van der Waals surface area contributed by atoms with Gasteiger partial charge in [-0.2, -0.15) is 0 Å². The first-order chi connectivity index (χ1) is 11.9. The highest BCUT2D eigenvalue weighted by atomic mass is 32.2. The van der Waals surface area contributed by atoms with E-state index >= 15 is 0 Å². The Morgan fingerprint density at radius 3 is 2.80 bits per heavy atom. The summed E-state index contributed by atoms with van der Waals surface area (Å²) in [5.74, 6) is 2.28. The zero-order valence-corrected chi connectivity index (χ0v) is 15.6. The fourth-order valence-electron chi connectivity index (χ4n) is 2.32. The van der Waals surface area contributed by atoms with Gasteiger partial charge >= 0.3 is 0 Å². The van der Waals surface area contributed by atoms with Crippen LogP contribution in [0, 0.1) is 0 Å². The summed E-state index contributed by atoms with van der Waals surface area (Å²) in [5, 5.41) is 3.18. The molecule has 0 bridgehead atoms. The summed E-state index contributed by atoms with van der Waals surface area (Å²) >= 11 is 0. The van der Waals surface area contributed by atoms with E-state index in [1.54, 1.807) is 7.05 Å². The summed E-state index contributed by atoms with van der Waals surface area (Å²) in [6, 6.07) is 5.85. The van der Waals surface area contributed by atoms with Crippen LogP contribution in [0.1, 0.15) is 5.56 Å². The number of guanidine groups is 1. The van der Waals surface area contributed by atoms with Crippen molar-refractivity contribution in [1.82, 2.24) is 10.2 Å². The third-order valence-corrected chi connectivity index (χ3v) is 4.47. The van der Waals surface area contributed by atoms with Crippen molar-refractivity contribution >= 4 is 15.8 Å². The summed E-state index contributed by atoms with van der Waals surface area (Å²) in [6.45, 7) is 2.07. The van der Waals surface area contributed by atoms with Gasteiger partial charge in [0.25, 0.3) is 0 Å². The molecule has 0 radical (unpaired) electrons. The fraction of sp³-hybridized carbons (Fsp3) is 0.562. The minimum atomic E-state index is -2.98. The Kier molecular flexibility index (Phi) is 6.89. The van der Waals surface area contributed by atoms with Crippen molar-refractivity contribution in [3.63, 3.8) is 0 Å². The highest BCUT2D eigenvalue weighted by Gasteiger charge is 2.14. The van der Waals surface area contributed by atoms with Crippen LogP contribution in [-0.4, -0.2) is 71.9 Å². The highest BCUT2D eigenvalue weighted by molar-refractivity contribution is 7.90. The Bertz CT molecular complexity index is 706. The van der Waals surface area contributed by atoms with Crippen LogP contribution in [-0.2, 0) is 21.1 Å². The minimum absolute atomic E-state index is 0.0335. The predicted octanol–water partition coefficient (Wildman–Crippen LogP) is 0.484. The molecule has 1 heterocycles. The van der Waals surface area contributed by atoms with Gasteiger partial charge in [0.15, 0.2) is 17.5 Å². The van der Waals surface area contributed by atoms with E-state index in [4.69, 9.17) is 14.2 Å². The number of hydrogen-bond acceptors (Lipinski definition) is 6. The summed E-state index contributed by atoms with van der Waals surface area (Å²) in [4.78, 5) is 6.22. The van der Waals surface area contributed by atoms with E-state index in [1.165, 1.54) is 6.26 Å². The second-order valence-corrected chi connectivity index (χ2v) is 8.02. The van der Waals surface area contributed by atoms with Gasteiger partial charge in [-0.25, -0.2) is 8.42 Å². The second kappa shape index (κ2) is 8.91. The maximum Gasteiger partial charge on any atom is 0.231 e. The average Bonchev–Trinajstić information content (AvgIpc) is 3.00. The van der Waals surface area contributed by atoms with Crippen LogP contribution in [0.3, 0.4) is 0 Å². The first-order valence-corrected chi connectivity index (χ1v) is 10.0. The number of nitrogens with one attached hydrogen (secondary N) is 1. The number of rotatable bonds is 8. The molecule has 0 saturated carbocycles. The van der Waals surface area contributed by atoms with Gasteiger partial charge in [0.2, 0.25) is 6.79 Å². The Labute approximate surface area is 148 Å². The molecule has 0 spiro atoms. The summed E-state index contributed by atoms with van der Waals surface area (Å²) in [6.07, 6.45) is 1.20. The van der Waals surface area contributed by atoms with E-state index in [9.17, 15) is 8.42 Å². The van der Waals surface area contributed by atoms with Crippen molar-refractivity contribution in [1.29, 1.82) is 0 Å². The second-order valence-electron chi connectivity index (χ2n) is 5.76. The first-order valence-electron chi connectivity index (χ1n) is 7.95. The quantitative estimate of drug-likeness (QED) is 0.404. The Morgan fingerprint density at radius 1 is 1.32 bits per heavy atom. The van der Waals surface area contributed by atoms with E-state index in [1.807, 2.05) is 30.1 Å². The van der Waals surface area contributed by atoms with Crippen molar-refractivity contribution in [2.24, 2.45) is 4.99 Å². The van der Waals surface area contributed by atoms with Crippen molar-refractivity contribution in [3.05, 3.63) is 23.8 Å². The van der Waals surface area contributed by atoms with Crippen LogP contribution in [0.15, 0.2) is 23.2 Å². The molecule has 1 aliphatic heterocycles. The van der Waals surface area contributed by atoms with E-state index in [2.05, 4.69) is 10.3 Å². The van der Waals surface area contributed by atoms with Gasteiger partial charge in [-0.1, -0.05) is 6.07 Å². The van der Waals surface area contributed by atoms with Crippen LogP contribution in [0.4, 0.5) is 0 Å². The normalized spacial score (nSPS) is 13.8. The number of benzene rings is 1. The molecule has 0 aliphatic carbocycles. The molecule has 2 rings (SSSR count). The van der Waals surface area contributed by atoms with Crippen molar-refractivity contribution in [3.8, 4) is 11.5 Å². The lowest BCUT2D eigenvalue weighted by Gasteiger charge is -2.22. The largest absolute Gasteiger partial charge is 0.454 e. The lowest BCUT2D eigenvalue weighted by atomic mass is 10.2. The smallest absolute Gasteiger partial charge is 0.231 e. The number of hydrogen-bond donors (Lipinski definition) is 1. The molecule has 8 nitrogen and oxygen atoms in total. The molecule has 1 aromatic carbocycles.